The molecule has 1 N–H and O–H groups in total. The summed E-state index contributed by atoms with van der Waals surface area (Å²) >= 11 is 0. The van der Waals surface area contributed by atoms with Crippen LogP contribution in [-0.4, -0.2) is 21.2 Å². The molecule has 1 fully saturated rings. The Bertz CT molecular complexity index is 650. The molecule has 1 aromatic carbocycles. The molecule has 5 heteroatoms. The van der Waals surface area contributed by atoms with E-state index in [0.717, 1.165) is 12.0 Å². The fourth-order valence-electron chi connectivity index (χ4n) is 2.94. The fraction of sp³-hybridized carbons (Fsp3) is 0.438. The van der Waals surface area contributed by atoms with Crippen LogP contribution in [0.5, 0.6) is 0 Å². The minimum absolute atomic E-state index is 0.0878. The van der Waals surface area contributed by atoms with Crippen LogP contribution in [0.2, 0.25) is 0 Å². The van der Waals surface area contributed by atoms with E-state index in [2.05, 4.69) is 29.2 Å². The predicted molar refractivity (Wildman–Crippen MR) is 76.0 cm³/mol. The lowest BCUT2D eigenvalue weighted by Gasteiger charge is -2.02. The third-order valence-corrected chi connectivity index (χ3v) is 4.06. The summed E-state index contributed by atoms with van der Waals surface area (Å²) in [7, 11) is 0. The lowest BCUT2D eigenvalue weighted by molar-refractivity contribution is -0.141. The van der Waals surface area contributed by atoms with Gasteiger partial charge in [-0.1, -0.05) is 35.0 Å². The Balaban J connectivity index is 1.68. The number of carboxylic acid groups (broad SMARTS) is 1. The van der Waals surface area contributed by atoms with Gasteiger partial charge in [-0.25, -0.2) is 0 Å². The molecule has 1 aliphatic carbocycles. The van der Waals surface area contributed by atoms with Gasteiger partial charge in [0.1, 0.15) is 0 Å². The van der Waals surface area contributed by atoms with E-state index < -0.39 is 5.97 Å². The molecule has 2 atom stereocenters. The third kappa shape index (κ3) is 3.12. The van der Waals surface area contributed by atoms with Crippen molar-refractivity contribution < 1.29 is 14.4 Å². The van der Waals surface area contributed by atoms with Crippen LogP contribution in [0.25, 0.3) is 0 Å². The Morgan fingerprint density at radius 3 is 3.00 bits per heavy atom. The highest BCUT2D eigenvalue weighted by atomic mass is 16.5. The second-order valence-electron chi connectivity index (χ2n) is 5.76. The maximum absolute atomic E-state index is 11.0. The van der Waals surface area contributed by atoms with E-state index in [4.69, 9.17) is 9.63 Å². The van der Waals surface area contributed by atoms with Crippen molar-refractivity contribution >= 4 is 5.97 Å². The normalized spacial score (nSPS) is 21.6. The molecule has 1 heterocycles. The monoisotopic (exact) mass is 286 g/mol. The van der Waals surface area contributed by atoms with Gasteiger partial charge in [0.05, 0.1) is 5.92 Å². The first-order chi connectivity index (χ1) is 10.1. The molecular weight excluding hydrogens is 268 g/mol. The average molecular weight is 286 g/mol. The van der Waals surface area contributed by atoms with Crippen molar-refractivity contribution in [3.8, 4) is 0 Å². The number of carboxylic acids is 1. The summed E-state index contributed by atoms with van der Waals surface area (Å²) in [5.74, 6) is 0.333. The van der Waals surface area contributed by atoms with Crippen LogP contribution in [-0.2, 0) is 11.2 Å². The van der Waals surface area contributed by atoms with Crippen molar-refractivity contribution in [3.05, 3.63) is 47.1 Å². The number of carbonyl (C=O) groups is 1. The van der Waals surface area contributed by atoms with Crippen molar-refractivity contribution in [2.24, 2.45) is 5.92 Å². The molecule has 2 unspecified atom stereocenters. The van der Waals surface area contributed by atoms with Gasteiger partial charge in [-0.15, -0.1) is 0 Å². The van der Waals surface area contributed by atoms with Crippen LogP contribution in [0.15, 0.2) is 28.8 Å². The summed E-state index contributed by atoms with van der Waals surface area (Å²) in [4.78, 5) is 15.4. The maximum atomic E-state index is 11.0. The summed E-state index contributed by atoms with van der Waals surface area (Å²) in [6, 6.07) is 8.21. The maximum Gasteiger partial charge on any atom is 0.306 e. The number of nitrogens with zero attached hydrogens (tertiary/aromatic N) is 2. The summed E-state index contributed by atoms with van der Waals surface area (Å²) in [6.07, 6.45) is 2.74. The Morgan fingerprint density at radius 2 is 2.29 bits per heavy atom. The number of hydrogen-bond donors (Lipinski definition) is 1. The number of benzene rings is 1. The molecule has 2 aromatic rings. The van der Waals surface area contributed by atoms with Crippen molar-refractivity contribution in [2.45, 2.75) is 38.5 Å². The van der Waals surface area contributed by atoms with Crippen molar-refractivity contribution in [3.63, 3.8) is 0 Å². The van der Waals surface area contributed by atoms with E-state index in [0.29, 0.717) is 31.0 Å². The molecule has 5 nitrogen and oxygen atoms in total. The van der Waals surface area contributed by atoms with Gasteiger partial charge < -0.3 is 9.63 Å². The van der Waals surface area contributed by atoms with Gasteiger partial charge in [-0.2, -0.15) is 4.98 Å². The topological polar surface area (TPSA) is 76.2 Å². The van der Waals surface area contributed by atoms with Gasteiger partial charge in [-0.3, -0.25) is 4.79 Å². The minimum atomic E-state index is -0.725. The van der Waals surface area contributed by atoms with E-state index in [-0.39, 0.29) is 11.8 Å². The second kappa shape index (κ2) is 5.68. The Hall–Kier alpha value is -2.17. The van der Waals surface area contributed by atoms with Gasteiger partial charge in [0.2, 0.25) is 5.89 Å². The molecule has 3 rings (SSSR count). The zero-order valence-electron chi connectivity index (χ0n) is 12.0. The largest absolute Gasteiger partial charge is 0.481 e. The Labute approximate surface area is 123 Å². The number of aliphatic carboxylic acids is 1. The zero-order chi connectivity index (χ0) is 14.8. The standard InChI is InChI=1S/C16H18N2O3/c1-10-3-2-4-11(7-10)8-14-17-15(21-18-14)12-5-6-13(9-12)16(19)20/h2-4,7,12-13H,5-6,8-9H2,1H3,(H,19,20). The van der Waals surface area contributed by atoms with Crippen LogP contribution in [0.4, 0.5) is 0 Å². The van der Waals surface area contributed by atoms with Crippen molar-refractivity contribution in [1.82, 2.24) is 10.1 Å². The summed E-state index contributed by atoms with van der Waals surface area (Å²) in [5.41, 5.74) is 2.36. The quantitative estimate of drug-likeness (QED) is 0.935. The number of aromatic nitrogens is 2. The highest BCUT2D eigenvalue weighted by Gasteiger charge is 2.33. The average Bonchev–Trinajstić information content (AvgIpc) is 3.06. The Kier molecular flexibility index (Phi) is 3.73. The van der Waals surface area contributed by atoms with Crippen molar-refractivity contribution in [1.29, 1.82) is 0 Å². The van der Waals surface area contributed by atoms with Crippen LogP contribution >= 0.6 is 0 Å². The summed E-state index contributed by atoms with van der Waals surface area (Å²) in [5, 5.41) is 13.1. The highest BCUT2D eigenvalue weighted by Crippen LogP contribution is 2.37. The van der Waals surface area contributed by atoms with Gasteiger partial charge in [0.15, 0.2) is 5.82 Å². The molecule has 110 valence electrons. The Morgan fingerprint density at radius 1 is 1.43 bits per heavy atom. The van der Waals surface area contributed by atoms with Gasteiger partial charge in [0.25, 0.3) is 0 Å². The smallest absolute Gasteiger partial charge is 0.306 e. The summed E-state index contributed by atoms with van der Waals surface area (Å²) in [6.45, 7) is 2.05. The van der Waals surface area contributed by atoms with Crippen LogP contribution < -0.4 is 0 Å². The molecule has 0 aliphatic heterocycles. The lowest BCUT2D eigenvalue weighted by atomic mass is 10.1. The lowest BCUT2D eigenvalue weighted by Crippen LogP contribution is -2.09. The van der Waals surface area contributed by atoms with E-state index in [9.17, 15) is 4.79 Å². The van der Waals surface area contributed by atoms with Crippen LogP contribution in [0.1, 0.15) is 48.0 Å². The first-order valence-corrected chi connectivity index (χ1v) is 7.22. The van der Waals surface area contributed by atoms with Crippen LogP contribution in [0.3, 0.4) is 0 Å². The molecule has 1 saturated carbocycles. The molecule has 0 bridgehead atoms. The molecule has 1 aliphatic rings. The predicted octanol–water partition coefficient (Wildman–Crippen LogP) is 2.94. The highest BCUT2D eigenvalue weighted by molar-refractivity contribution is 5.70. The first-order valence-electron chi connectivity index (χ1n) is 7.22. The minimum Gasteiger partial charge on any atom is -0.481 e. The zero-order valence-corrected chi connectivity index (χ0v) is 12.0. The molecule has 0 spiro atoms. The third-order valence-electron chi connectivity index (χ3n) is 4.06. The van der Waals surface area contributed by atoms with E-state index >= 15 is 0 Å². The summed E-state index contributed by atoms with van der Waals surface area (Å²) < 4.78 is 5.33. The molecule has 0 amide bonds. The van der Waals surface area contributed by atoms with Gasteiger partial charge in [-0.05, 0) is 31.7 Å². The number of aryl methyl sites for hydroxylation is 1. The first kappa shape index (κ1) is 13.8. The molecule has 0 radical (unpaired) electrons. The van der Waals surface area contributed by atoms with Gasteiger partial charge in [0, 0.05) is 12.3 Å². The number of hydrogen-bond acceptors (Lipinski definition) is 4. The van der Waals surface area contributed by atoms with E-state index in [1.165, 1.54) is 5.56 Å². The number of rotatable bonds is 4. The second-order valence-corrected chi connectivity index (χ2v) is 5.76. The van der Waals surface area contributed by atoms with Crippen LogP contribution in [0, 0.1) is 12.8 Å². The fourth-order valence-corrected chi connectivity index (χ4v) is 2.94. The molecule has 1 aromatic heterocycles. The SMILES string of the molecule is Cc1cccc(Cc2noc(C3CCC(C(=O)O)C3)n2)c1. The molecule has 0 saturated heterocycles. The van der Waals surface area contributed by atoms with E-state index in [1.54, 1.807) is 0 Å². The van der Waals surface area contributed by atoms with Gasteiger partial charge >= 0.3 is 5.97 Å². The van der Waals surface area contributed by atoms with Crippen molar-refractivity contribution in [2.75, 3.05) is 0 Å². The molecule has 21 heavy (non-hydrogen) atoms. The van der Waals surface area contributed by atoms with E-state index in [1.807, 2.05) is 12.1 Å². The molecular formula is C16H18N2O3.